The van der Waals surface area contributed by atoms with Gasteiger partial charge in [-0.25, -0.2) is 0 Å². The van der Waals surface area contributed by atoms with Crippen molar-refractivity contribution in [2.24, 2.45) is 0 Å². The number of carbonyl (C=O) groups excluding carboxylic acids is 2. The third-order valence-electron chi connectivity index (χ3n) is 4.56. The van der Waals surface area contributed by atoms with Crippen LogP contribution in [0.1, 0.15) is 43.0 Å². The molecule has 0 bridgehead atoms. The number of hydrogen-bond donors (Lipinski definition) is 3. The molecule has 3 N–H and O–H groups in total. The summed E-state index contributed by atoms with van der Waals surface area (Å²) in [6.45, 7) is 12.4. The van der Waals surface area contributed by atoms with E-state index in [4.69, 9.17) is 0 Å². The third kappa shape index (κ3) is 5.84. The van der Waals surface area contributed by atoms with E-state index in [9.17, 15) is 9.59 Å². The molecule has 2 aromatic carbocycles. The predicted molar refractivity (Wildman–Crippen MR) is 116 cm³/mol. The summed E-state index contributed by atoms with van der Waals surface area (Å²) >= 11 is 0. The van der Waals surface area contributed by atoms with Crippen molar-refractivity contribution in [1.82, 2.24) is 5.32 Å². The Balaban J connectivity index is 1.88. The average Bonchev–Trinajstić information content (AvgIpc) is 2.60. The molecule has 2 rings (SSSR count). The highest BCUT2D eigenvalue weighted by atomic mass is 16.2. The van der Waals surface area contributed by atoms with Crippen molar-refractivity contribution in [2.45, 2.75) is 47.0 Å². The van der Waals surface area contributed by atoms with E-state index in [1.165, 1.54) is 0 Å². The van der Waals surface area contributed by atoms with E-state index in [1.807, 2.05) is 51.1 Å². The molecule has 0 heterocycles. The third-order valence-corrected chi connectivity index (χ3v) is 4.56. The van der Waals surface area contributed by atoms with Gasteiger partial charge in [0.2, 0.25) is 11.8 Å². The summed E-state index contributed by atoms with van der Waals surface area (Å²) in [5.41, 5.74) is 6.04. The van der Waals surface area contributed by atoms with Crippen LogP contribution in [-0.4, -0.2) is 24.9 Å². The maximum absolute atomic E-state index is 12.2. The lowest BCUT2D eigenvalue weighted by molar-refractivity contribution is -0.122. The number of para-hydroxylation sites is 1. The minimum absolute atomic E-state index is 0.0241. The molecule has 0 saturated heterocycles. The summed E-state index contributed by atoms with van der Waals surface area (Å²) in [5.74, 6) is -0.463. The Morgan fingerprint density at radius 1 is 0.893 bits per heavy atom. The van der Waals surface area contributed by atoms with Crippen LogP contribution >= 0.6 is 0 Å². The zero-order valence-electron chi connectivity index (χ0n) is 17.7. The van der Waals surface area contributed by atoms with Crippen LogP contribution in [-0.2, 0) is 15.0 Å². The minimum atomic E-state index is -0.238. The number of aryl methyl sites for hydroxylation is 3. The largest absolute Gasteiger partial charge is 0.376 e. The Bertz CT molecular complexity index is 843. The van der Waals surface area contributed by atoms with E-state index in [1.54, 1.807) is 0 Å². The Kier molecular flexibility index (Phi) is 6.84. The van der Waals surface area contributed by atoms with Gasteiger partial charge in [0.1, 0.15) is 0 Å². The van der Waals surface area contributed by atoms with Crippen LogP contribution in [0.4, 0.5) is 11.4 Å². The van der Waals surface area contributed by atoms with Crippen LogP contribution in [0, 0.1) is 20.8 Å². The molecule has 2 aromatic rings. The van der Waals surface area contributed by atoms with Crippen LogP contribution in [0.2, 0.25) is 0 Å². The zero-order chi connectivity index (χ0) is 20.9. The van der Waals surface area contributed by atoms with Gasteiger partial charge in [-0.15, -0.1) is 0 Å². The number of amides is 2. The highest BCUT2D eigenvalue weighted by molar-refractivity contribution is 5.96. The average molecular weight is 382 g/mol. The van der Waals surface area contributed by atoms with Crippen molar-refractivity contribution < 1.29 is 9.59 Å². The summed E-state index contributed by atoms with van der Waals surface area (Å²) < 4.78 is 0. The Morgan fingerprint density at radius 2 is 1.50 bits per heavy atom. The first-order chi connectivity index (χ1) is 13.1. The first-order valence-electron chi connectivity index (χ1n) is 9.55. The number of anilines is 2. The first-order valence-corrected chi connectivity index (χ1v) is 9.55. The molecular weight excluding hydrogens is 350 g/mol. The second-order valence-electron chi connectivity index (χ2n) is 8.25. The molecule has 0 aliphatic carbocycles. The second kappa shape index (κ2) is 8.91. The highest BCUT2D eigenvalue weighted by Crippen LogP contribution is 2.29. The molecule has 0 saturated carbocycles. The molecule has 0 atom stereocenters. The molecule has 5 heteroatoms. The fraction of sp³-hybridized carbons (Fsp3) is 0.391. The van der Waals surface area contributed by atoms with Crippen molar-refractivity contribution in [1.29, 1.82) is 0 Å². The van der Waals surface area contributed by atoms with Gasteiger partial charge in [-0.3, -0.25) is 9.59 Å². The van der Waals surface area contributed by atoms with Crippen molar-refractivity contribution in [3.63, 3.8) is 0 Å². The van der Waals surface area contributed by atoms with Gasteiger partial charge in [-0.1, -0.05) is 56.7 Å². The number of benzene rings is 2. The van der Waals surface area contributed by atoms with E-state index < -0.39 is 0 Å². The summed E-state index contributed by atoms with van der Waals surface area (Å²) in [5, 5.41) is 8.73. The second-order valence-corrected chi connectivity index (χ2v) is 8.25. The lowest BCUT2D eigenvalue weighted by atomic mass is 9.86. The summed E-state index contributed by atoms with van der Waals surface area (Å²) in [6, 6.07) is 12.0. The van der Waals surface area contributed by atoms with E-state index in [0.29, 0.717) is 0 Å². The zero-order valence-corrected chi connectivity index (χ0v) is 17.7. The van der Waals surface area contributed by atoms with Crippen LogP contribution in [0.3, 0.4) is 0 Å². The van der Waals surface area contributed by atoms with Crippen molar-refractivity contribution in [3.05, 3.63) is 58.7 Å². The smallest absolute Gasteiger partial charge is 0.243 e. The Hall–Kier alpha value is -2.82. The Morgan fingerprint density at radius 3 is 2.11 bits per heavy atom. The monoisotopic (exact) mass is 381 g/mol. The van der Waals surface area contributed by atoms with Gasteiger partial charge in [0.15, 0.2) is 0 Å². The van der Waals surface area contributed by atoms with E-state index in [-0.39, 0.29) is 30.3 Å². The SMILES string of the molecule is Cc1cc(C)c(NC(=O)CNC(=O)CNc2ccccc2C(C)(C)C)c(C)c1. The van der Waals surface area contributed by atoms with Crippen molar-refractivity contribution in [3.8, 4) is 0 Å². The minimum Gasteiger partial charge on any atom is -0.376 e. The lowest BCUT2D eigenvalue weighted by Gasteiger charge is -2.23. The van der Waals surface area contributed by atoms with Gasteiger partial charge in [0.05, 0.1) is 13.1 Å². The van der Waals surface area contributed by atoms with E-state index in [2.05, 4.69) is 42.8 Å². The van der Waals surface area contributed by atoms with Gasteiger partial charge in [0, 0.05) is 11.4 Å². The maximum atomic E-state index is 12.2. The quantitative estimate of drug-likeness (QED) is 0.706. The van der Waals surface area contributed by atoms with Gasteiger partial charge < -0.3 is 16.0 Å². The first kappa shape index (κ1) is 21.5. The van der Waals surface area contributed by atoms with Crippen LogP contribution < -0.4 is 16.0 Å². The Labute approximate surface area is 167 Å². The van der Waals surface area contributed by atoms with Crippen molar-refractivity contribution in [2.75, 3.05) is 23.7 Å². The molecule has 5 nitrogen and oxygen atoms in total. The molecule has 0 radical (unpaired) electrons. The molecule has 0 spiro atoms. The van der Waals surface area contributed by atoms with Gasteiger partial charge in [-0.05, 0) is 48.9 Å². The van der Waals surface area contributed by atoms with Crippen LogP contribution in [0.15, 0.2) is 36.4 Å². The molecule has 0 aliphatic rings. The fourth-order valence-corrected chi connectivity index (χ4v) is 3.27. The maximum Gasteiger partial charge on any atom is 0.243 e. The number of rotatable bonds is 6. The van der Waals surface area contributed by atoms with E-state index in [0.717, 1.165) is 33.6 Å². The lowest BCUT2D eigenvalue weighted by Crippen LogP contribution is -2.36. The van der Waals surface area contributed by atoms with Gasteiger partial charge >= 0.3 is 0 Å². The summed E-state index contributed by atoms with van der Waals surface area (Å²) in [6.07, 6.45) is 0. The van der Waals surface area contributed by atoms with Crippen LogP contribution in [0.25, 0.3) is 0 Å². The molecule has 150 valence electrons. The number of carbonyl (C=O) groups is 2. The van der Waals surface area contributed by atoms with Gasteiger partial charge in [-0.2, -0.15) is 0 Å². The van der Waals surface area contributed by atoms with Gasteiger partial charge in [0.25, 0.3) is 0 Å². The molecule has 0 aromatic heterocycles. The van der Waals surface area contributed by atoms with Crippen LogP contribution in [0.5, 0.6) is 0 Å². The van der Waals surface area contributed by atoms with Crippen molar-refractivity contribution >= 4 is 23.2 Å². The molecule has 0 aliphatic heterocycles. The summed E-state index contributed by atoms with van der Waals surface area (Å²) in [4.78, 5) is 24.4. The highest BCUT2D eigenvalue weighted by Gasteiger charge is 2.17. The topological polar surface area (TPSA) is 70.2 Å². The summed E-state index contributed by atoms with van der Waals surface area (Å²) in [7, 11) is 0. The predicted octanol–water partition coefficient (Wildman–Crippen LogP) is 4.08. The number of hydrogen-bond acceptors (Lipinski definition) is 3. The molecule has 28 heavy (non-hydrogen) atoms. The van der Waals surface area contributed by atoms with E-state index >= 15 is 0 Å². The fourth-order valence-electron chi connectivity index (χ4n) is 3.27. The molecule has 0 fully saturated rings. The molecular formula is C23H31N3O2. The number of nitrogens with one attached hydrogen (secondary N) is 3. The standard InChI is InChI=1S/C23H31N3O2/c1-15-11-16(2)22(17(3)12-15)26-21(28)14-25-20(27)13-24-19-10-8-7-9-18(19)23(4,5)6/h7-12,24H,13-14H2,1-6H3,(H,25,27)(H,26,28). The normalized spacial score (nSPS) is 11.1. The molecule has 2 amide bonds. The molecule has 0 unspecified atom stereocenters.